The number of nitrogens with zero attached hydrogens (tertiary/aromatic N) is 1. The lowest BCUT2D eigenvalue weighted by Crippen LogP contribution is -2.03. The zero-order valence-corrected chi connectivity index (χ0v) is 11.7. The van der Waals surface area contributed by atoms with E-state index in [0.29, 0.717) is 15.7 Å². The van der Waals surface area contributed by atoms with Crippen molar-refractivity contribution in [3.05, 3.63) is 62.4 Å². The fraction of sp³-hybridized carbons (Fsp3) is 0.0769. The van der Waals surface area contributed by atoms with Crippen LogP contribution in [0.4, 0.5) is 15.8 Å². The van der Waals surface area contributed by atoms with E-state index in [9.17, 15) is 19.6 Å². The van der Waals surface area contributed by atoms with E-state index in [1.54, 1.807) is 12.1 Å². The first-order valence-electron chi connectivity index (χ1n) is 5.62. The maximum Gasteiger partial charge on any atom is 0.293 e. The summed E-state index contributed by atoms with van der Waals surface area (Å²) in [5, 5.41) is 23.1. The molecule has 2 aromatic carbocycles. The van der Waals surface area contributed by atoms with Crippen LogP contribution < -0.4 is 5.32 Å². The Hall–Kier alpha value is -2.15. The van der Waals surface area contributed by atoms with E-state index >= 15 is 0 Å². The Kier molecular flexibility index (Phi) is 4.19. The standard InChI is InChI=1S/C13H10BrFN2O3/c14-9-1-2-12(13(5-9)17(19)20)16-7-8-3-10(15)6-11(18)4-8/h1-6,16,18H,7H2. The average Bonchev–Trinajstić information content (AvgIpc) is 2.36. The van der Waals surface area contributed by atoms with E-state index in [2.05, 4.69) is 21.2 Å². The Labute approximate surface area is 122 Å². The monoisotopic (exact) mass is 340 g/mol. The minimum atomic E-state index is -0.563. The Morgan fingerprint density at radius 2 is 2.05 bits per heavy atom. The molecule has 104 valence electrons. The quantitative estimate of drug-likeness (QED) is 0.655. The topological polar surface area (TPSA) is 75.4 Å². The molecule has 0 spiro atoms. The van der Waals surface area contributed by atoms with Crippen LogP contribution in [-0.4, -0.2) is 10.0 Å². The molecule has 0 bridgehead atoms. The number of nitrogens with one attached hydrogen (secondary N) is 1. The number of anilines is 1. The molecule has 2 rings (SSSR count). The first kappa shape index (κ1) is 14.3. The van der Waals surface area contributed by atoms with Gasteiger partial charge < -0.3 is 10.4 Å². The fourth-order valence-electron chi connectivity index (χ4n) is 1.74. The molecule has 0 saturated carbocycles. The van der Waals surface area contributed by atoms with Gasteiger partial charge in [0.1, 0.15) is 17.3 Å². The van der Waals surface area contributed by atoms with Gasteiger partial charge in [0.25, 0.3) is 5.69 Å². The molecule has 0 aliphatic carbocycles. The predicted molar refractivity (Wildman–Crippen MR) is 76.2 cm³/mol. The number of nitro groups is 1. The zero-order valence-electron chi connectivity index (χ0n) is 10.1. The summed E-state index contributed by atoms with van der Waals surface area (Å²) in [6.45, 7) is 0.161. The van der Waals surface area contributed by atoms with Crippen LogP contribution in [0.2, 0.25) is 0 Å². The summed E-state index contributed by atoms with van der Waals surface area (Å²) in [4.78, 5) is 10.4. The number of benzene rings is 2. The molecule has 0 aromatic heterocycles. The number of aromatic hydroxyl groups is 1. The molecule has 0 amide bonds. The number of rotatable bonds is 4. The SMILES string of the molecule is O=[N+]([O-])c1cc(Br)ccc1NCc1cc(O)cc(F)c1. The van der Waals surface area contributed by atoms with Crippen LogP contribution in [0.5, 0.6) is 5.75 Å². The van der Waals surface area contributed by atoms with E-state index in [1.807, 2.05) is 0 Å². The van der Waals surface area contributed by atoms with Crippen molar-refractivity contribution in [1.29, 1.82) is 0 Å². The number of hydrogen-bond donors (Lipinski definition) is 2. The molecule has 0 radical (unpaired) electrons. The van der Waals surface area contributed by atoms with Crippen molar-refractivity contribution in [2.24, 2.45) is 0 Å². The van der Waals surface area contributed by atoms with Crippen LogP contribution in [0.15, 0.2) is 40.9 Å². The van der Waals surface area contributed by atoms with Crippen LogP contribution in [0, 0.1) is 15.9 Å². The molecule has 0 heterocycles. The summed E-state index contributed by atoms with van der Waals surface area (Å²) in [6, 6.07) is 8.23. The third-order valence-corrected chi connectivity index (χ3v) is 3.08. The molecule has 0 fully saturated rings. The highest BCUT2D eigenvalue weighted by atomic mass is 79.9. The molecule has 2 aromatic rings. The Morgan fingerprint density at radius 1 is 1.30 bits per heavy atom. The lowest BCUT2D eigenvalue weighted by atomic mass is 10.2. The molecule has 20 heavy (non-hydrogen) atoms. The van der Waals surface area contributed by atoms with Gasteiger partial charge in [-0.2, -0.15) is 0 Å². The minimum absolute atomic E-state index is 0.0833. The van der Waals surface area contributed by atoms with Gasteiger partial charge in [-0.25, -0.2) is 4.39 Å². The maximum atomic E-state index is 13.1. The number of phenolic OH excluding ortho intramolecular Hbond substituents is 1. The van der Waals surface area contributed by atoms with Gasteiger partial charge in [0.15, 0.2) is 0 Å². The second-order valence-corrected chi connectivity index (χ2v) is 5.01. The molecule has 0 saturated heterocycles. The lowest BCUT2D eigenvalue weighted by molar-refractivity contribution is -0.384. The second-order valence-electron chi connectivity index (χ2n) is 4.09. The molecule has 0 unspecified atom stereocenters. The number of halogens is 2. The third-order valence-electron chi connectivity index (χ3n) is 2.58. The zero-order chi connectivity index (χ0) is 14.7. The smallest absolute Gasteiger partial charge is 0.293 e. The summed E-state index contributed by atoms with van der Waals surface area (Å²) >= 11 is 3.16. The fourth-order valence-corrected chi connectivity index (χ4v) is 2.09. The molecule has 0 atom stereocenters. The summed E-state index contributed by atoms with van der Waals surface area (Å²) in [5.74, 6) is -0.751. The third kappa shape index (κ3) is 3.45. The highest BCUT2D eigenvalue weighted by Crippen LogP contribution is 2.28. The van der Waals surface area contributed by atoms with E-state index in [4.69, 9.17) is 0 Å². The van der Waals surface area contributed by atoms with Crippen molar-refractivity contribution >= 4 is 27.3 Å². The van der Waals surface area contributed by atoms with Crippen LogP contribution in [0.1, 0.15) is 5.56 Å². The maximum absolute atomic E-state index is 13.1. The molecular formula is C13H10BrFN2O3. The minimum Gasteiger partial charge on any atom is -0.508 e. The summed E-state index contributed by atoms with van der Waals surface area (Å²) in [6.07, 6.45) is 0. The van der Waals surface area contributed by atoms with Gasteiger partial charge in [-0.15, -0.1) is 0 Å². The van der Waals surface area contributed by atoms with Crippen LogP contribution in [0.3, 0.4) is 0 Å². The number of nitro benzene ring substituents is 1. The molecule has 5 nitrogen and oxygen atoms in total. The average molecular weight is 341 g/mol. The molecular weight excluding hydrogens is 331 g/mol. The van der Waals surface area contributed by atoms with Crippen molar-refractivity contribution in [3.63, 3.8) is 0 Å². The first-order valence-corrected chi connectivity index (χ1v) is 6.41. The van der Waals surface area contributed by atoms with Gasteiger partial charge >= 0.3 is 0 Å². The molecule has 7 heteroatoms. The van der Waals surface area contributed by atoms with E-state index < -0.39 is 10.7 Å². The van der Waals surface area contributed by atoms with Crippen molar-refractivity contribution in [2.75, 3.05) is 5.32 Å². The van der Waals surface area contributed by atoms with Gasteiger partial charge in [0.05, 0.1) is 4.92 Å². The Bertz CT molecular complexity index is 644. The first-order chi connectivity index (χ1) is 9.45. The highest BCUT2D eigenvalue weighted by Gasteiger charge is 2.13. The Balaban J connectivity index is 2.20. The van der Waals surface area contributed by atoms with Gasteiger partial charge in [0.2, 0.25) is 0 Å². The lowest BCUT2D eigenvalue weighted by Gasteiger charge is -2.08. The second kappa shape index (κ2) is 5.87. The van der Waals surface area contributed by atoms with Crippen molar-refractivity contribution in [3.8, 4) is 5.75 Å². The number of hydrogen-bond acceptors (Lipinski definition) is 4. The van der Waals surface area contributed by atoms with Gasteiger partial charge in [0, 0.05) is 23.2 Å². The van der Waals surface area contributed by atoms with Crippen LogP contribution in [0.25, 0.3) is 0 Å². The number of phenols is 1. The molecule has 0 aliphatic rings. The van der Waals surface area contributed by atoms with E-state index in [-0.39, 0.29) is 18.0 Å². The normalized spacial score (nSPS) is 10.3. The van der Waals surface area contributed by atoms with Crippen LogP contribution in [-0.2, 0) is 6.54 Å². The van der Waals surface area contributed by atoms with Gasteiger partial charge in [-0.1, -0.05) is 15.9 Å². The van der Waals surface area contributed by atoms with Gasteiger partial charge in [-0.3, -0.25) is 10.1 Å². The van der Waals surface area contributed by atoms with Crippen molar-refractivity contribution in [1.82, 2.24) is 0 Å². The van der Waals surface area contributed by atoms with Crippen molar-refractivity contribution < 1.29 is 14.4 Å². The molecule has 2 N–H and O–H groups in total. The summed E-state index contributed by atoms with van der Waals surface area (Å²) < 4.78 is 13.7. The highest BCUT2D eigenvalue weighted by molar-refractivity contribution is 9.10. The van der Waals surface area contributed by atoms with E-state index in [1.165, 1.54) is 18.2 Å². The summed E-state index contributed by atoms with van der Waals surface area (Å²) in [7, 11) is 0. The summed E-state index contributed by atoms with van der Waals surface area (Å²) in [5.41, 5.74) is 0.724. The largest absolute Gasteiger partial charge is 0.508 e. The molecule has 0 aliphatic heterocycles. The Morgan fingerprint density at radius 3 is 2.70 bits per heavy atom. The van der Waals surface area contributed by atoms with Crippen LogP contribution >= 0.6 is 15.9 Å². The van der Waals surface area contributed by atoms with E-state index in [0.717, 1.165) is 6.07 Å². The van der Waals surface area contributed by atoms with Crippen molar-refractivity contribution in [2.45, 2.75) is 6.54 Å². The van der Waals surface area contributed by atoms with Gasteiger partial charge in [-0.05, 0) is 29.8 Å². The predicted octanol–water partition coefficient (Wildman–Crippen LogP) is 3.81.